The number of hydrogen-bond donors (Lipinski definition) is 1. The molecule has 7 heteroatoms. The van der Waals surface area contributed by atoms with Crippen molar-refractivity contribution < 1.29 is 18.0 Å². The third-order valence-electron chi connectivity index (χ3n) is 5.12. The smallest absolute Gasteiger partial charge is 0.268 e. The van der Waals surface area contributed by atoms with E-state index in [1.54, 1.807) is 6.92 Å². The average Bonchev–Trinajstić information content (AvgIpc) is 2.81. The second-order valence-corrected chi connectivity index (χ2v) is 8.57. The maximum Gasteiger partial charge on any atom is 0.268 e. The summed E-state index contributed by atoms with van der Waals surface area (Å²) in [5, 5.41) is 2.87. The van der Waals surface area contributed by atoms with Crippen molar-refractivity contribution in [2.24, 2.45) is 5.92 Å². The highest BCUT2D eigenvalue weighted by molar-refractivity contribution is 7.90. The van der Waals surface area contributed by atoms with Crippen molar-refractivity contribution in [2.45, 2.75) is 50.3 Å². The van der Waals surface area contributed by atoms with Crippen LogP contribution >= 0.6 is 0 Å². The molecular weight excluding hydrogens is 340 g/mol. The summed E-state index contributed by atoms with van der Waals surface area (Å²) in [6.07, 6.45) is 7.24. The molecule has 3 rings (SSSR count). The topological polar surface area (TPSA) is 83.6 Å². The molecule has 1 fully saturated rings. The molecule has 1 N–H and O–H groups in total. The van der Waals surface area contributed by atoms with Crippen LogP contribution in [0, 0.1) is 5.92 Å². The van der Waals surface area contributed by atoms with Crippen molar-refractivity contribution in [3.8, 4) is 0 Å². The largest absolute Gasteiger partial charge is 0.352 e. The van der Waals surface area contributed by atoms with Crippen LogP contribution in [0.5, 0.6) is 0 Å². The monoisotopic (exact) mass is 364 g/mol. The van der Waals surface area contributed by atoms with E-state index in [-0.39, 0.29) is 28.5 Å². The van der Waals surface area contributed by atoms with E-state index in [0.29, 0.717) is 12.5 Å². The van der Waals surface area contributed by atoms with E-state index in [4.69, 9.17) is 0 Å². The minimum absolute atomic E-state index is 0.0701. The van der Waals surface area contributed by atoms with Crippen LogP contribution in [0.4, 0.5) is 0 Å². The summed E-state index contributed by atoms with van der Waals surface area (Å²) in [5.41, 5.74) is 0.414. The highest BCUT2D eigenvalue weighted by atomic mass is 32.2. The molecule has 2 aliphatic rings. The number of amides is 2. The van der Waals surface area contributed by atoms with Crippen molar-refractivity contribution in [3.05, 3.63) is 29.3 Å². The predicted molar refractivity (Wildman–Crippen MR) is 93.9 cm³/mol. The number of benzene rings is 1. The number of sulfonamides is 1. The Labute approximate surface area is 148 Å². The fourth-order valence-corrected chi connectivity index (χ4v) is 5.30. The normalized spacial score (nSPS) is 19.7. The lowest BCUT2D eigenvalue weighted by Crippen LogP contribution is -2.29. The molecule has 1 heterocycles. The molecule has 1 aliphatic heterocycles. The third-order valence-corrected chi connectivity index (χ3v) is 7.02. The van der Waals surface area contributed by atoms with Crippen molar-refractivity contribution >= 4 is 21.8 Å². The molecule has 0 atom stereocenters. The van der Waals surface area contributed by atoms with Crippen molar-refractivity contribution in [2.75, 3.05) is 13.1 Å². The second-order valence-electron chi connectivity index (χ2n) is 6.73. The lowest BCUT2D eigenvalue weighted by molar-refractivity contribution is 0.0874. The van der Waals surface area contributed by atoms with Crippen LogP contribution in [0.3, 0.4) is 0 Å². The molecule has 0 radical (unpaired) electrons. The molecule has 6 nitrogen and oxygen atoms in total. The molecule has 0 bridgehead atoms. The zero-order chi connectivity index (χ0) is 18.0. The van der Waals surface area contributed by atoms with Gasteiger partial charge in [-0.2, -0.15) is 0 Å². The first-order chi connectivity index (χ1) is 11.9. The Balaban J connectivity index is 1.68. The highest BCUT2D eigenvalue weighted by Crippen LogP contribution is 2.31. The summed E-state index contributed by atoms with van der Waals surface area (Å²) in [6.45, 7) is 2.28. The van der Waals surface area contributed by atoms with Gasteiger partial charge in [0.1, 0.15) is 4.90 Å². The second kappa shape index (κ2) is 7.15. The summed E-state index contributed by atoms with van der Waals surface area (Å²) in [7, 11) is -3.84. The van der Waals surface area contributed by atoms with Gasteiger partial charge in [0, 0.05) is 18.7 Å². The summed E-state index contributed by atoms with van der Waals surface area (Å²) in [6, 6.07) is 4.26. The van der Waals surface area contributed by atoms with Gasteiger partial charge in [-0.15, -0.1) is 0 Å². The van der Waals surface area contributed by atoms with Crippen molar-refractivity contribution in [1.82, 2.24) is 9.62 Å². The number of hydrogen-bond acceptors (Lipinski definition) is 4. The van der Waals surface area contributed by atoms with Gasteiger partial charge in [0.25, 0.3) is 21.8 Å². The number of nitrogens with zero attached hydrogens (tertiary/aromatic N) is 1. The number of rotatable bonds is 5. The van der Waals surface area contributed by atoms with Crippen LogP contribution in [0.2, 0.25) is 0 Å². The summed E-state index contributed by atoms with van der Waals surface area (Å²) in [5.74, 6) is -0.150. The van der Waals surface area contributed by atoms with Crippen LogP contribution in [-0.2, 0) is 10.0 Å². The van der Waals surface area contributed by atoms with E-state index in [2.05, 4.69) is 5.32 Å². The molecule has 0 aromatic heterocycles. The molecule has 1 aliphatic carbocycles. The molecule has 1 aromatic carbocycles. The standard InChI is InChI=1S/C18H24N2O4S/c1-2-20-18(22)15-9-8-14(12-16(15)25(20,23)24)17(21)19-11-10-13-6-4-3-5-7-13/h8-9,12-13H,2-7,10-11H2,1H3,(H,19,21). The first-order valence-electron chi connectivity index (χ1n) is 8.94. The fourth-order valence-electron chi connectivity index (χ4n) is 3.70. The van der Waals surface area contributed by atoms with E-state index >= 15 is 0 Å². The molecule has 136 valence electrons. The maximum atomic E-state index is 12.4. The molecule has 0 unspecified atom stereocenters. The average molecular weight is 364 g/mol. The molecule has 25 heavy (non-hydrogen) atoms. The molecule has 0 saturated heterocycles. The predicted octanol–water partition coefficient (Wildman–Crippen LogP) is 2.55. The fraction of sp³-hybridized carbons (Fsp3) is 0.556. The third kappa shape index (κ3) is 3.42. The number of carbonyl (C=O) groups is 2. The van der Waals surface area contributed by atoms with E-state index in [0.717, 1.165) is 10.7 Å². The summed E-state index contributed by atoms with van der Waals surface area (Å²) < 4.78 is 25.6. The minimum atomic E-state index is -3.84. The van der Waals surface area contributed by atoms with Gasteiger partial charge >= 0.3 is 0 Å². The molecular formula is C18H24N2O4S. The quantitative estimate of drug-likeness (QED) is 0.870. The van der Waals surface area contributed by atoms with Gasteiger partial charge in [0.05, 0.1) is 5.56 Å². The molecule has 2 amide bonds. The Bertz CT molecular complexity index is 782. The van der Waals surface area contributed by atoms with Crippen LogP contribution in [-0.4, -0.2) is 37.6 Å². The summed E-state index contributed by atoms with van der Waals surface area (Å²) >= 11 is 0. The zero-order valence-corrected chi connectivity index (χ0v) is 15.3. The lowest BCUT2D eigenvalue weighted by atomic mass is 9.87. The molecule has 0 spiro atoms. The van der Waals surface area contributed by atoms with Gasteiger partial charge in [-0.25, -0.2) is 12.7 Å². The lowest BCUT2D eigenvalue weighted by Gasteiger charge is -2.21. The van der Waals surface area contributed by atoms with E-state index in [1.807, 2.05) is 0 Å². The van der Waals surface area contributed by atoms with E-state index < -0.39 is 15.9 Å². The van der Waals surface area contributed by atoms with Gasteiger partial charge in [0.2, 0.25) is 0 Å². The minimum Gasteiger partial charge on any atom is -0.352 e. The van der Waals surface area contributed by atoms with E-state index in [9.17, 15) is 18.0 Å². The number of fused-ring (bicyclic) bond motifs is 1. The first-order valence-corrected chi connectivity index (χ1v) is 10.4. The Morgan fingerprint density at radius 1 is 1.24 bits per heavy atom. The zero-order valence-electron chi connectivity index (χ0n) is 14.5. The highest BCUT2D eigenvalue weighted by Gasteiger charge is 2.40. The Hall–Kier alpha value is -1.89. The Kier molecular flexibility index (Phi) is 5.13. The van der Waals surface area contributed by atoms with Crippen LogP contribution < -0.4 is 5.32 Å². The first kappa shape index (κ1) is 17.9. The SMILES string of the molecule is CCN1C(=O)c2ccc(C(=O)NCCC3CCCCC3)cc2S1(=O)=O. The van der Waals surface area contributed by atoms with Crippen LogP contribution in [0.25, 0.3) is 0 Å². The Morgan fingerprint density at radius 3 is 2.64 bits per heavy atom. The van der Waals surface area contributed by atoms with Gasteiger partial charge in [-0.1, -0.05) is 32.1 Å². The van der Waals surface area contributed by atoms with Crippen molar-refractivity contribution in [1.29, 1.82) is 0 Å². The van der Waals surface area contributed by atoms with Crippen molar-refractivity contribution in [3.63, 3.8) is 0 Å². The van der Waals surface area contributed by atoms with E-state index in [1.165, 1.54) is 50.3 Å². The summed E-state index contributed by atoms with van der Waals surface area (Å²) in [4.78, 5) is 24.4. The number of nitrogens with one attached hydrogen (secondary N) is 1. The van der Waals surface area contributed by atoms with Crippen LogP contribution in [0.1, 0.15) is 66.2 Å². The van der Waals surface area contributed by atoms with Gasteiger partial charge < -0.3 is 5.32 Å². The number of carbonyl (C=O) groups excluding carboxylic acids is 2. The van der Waals surface area contributed by atoms with Gasteiger partial charge in [-0.3, -0.25) is 9.59 Å². The molecule has 1 aromatic rings. The van der Waals surface area contributed by atoms with Gasteiger partial charge in [-0.05, 0) is 37.5 Å². The van der Waals surface area contributed by atoms with Crippen LogP contribution in [0.15, 0.2) is 23.1 Å². The van der Waals surface area contributed by atoms with Gasteiger partial charge in [0.15, 0.2) is 0 Å². The maximum absolute atomic E-state index is 12.4. The Morgan fingerprint density at radius 2 is 1.96 bits per heavy atom. The molecule has 1 saturated carbocycles.